The number of halogens is 4. The van der Waals surface area contributed by atoms with E-state index in [4.69, 9.17) is 5.73 Å². The van der Waals surface area contributed by atoms with Crippen molar-refractivity contribution < 1.29 is 22.7 Å². The van der Waals surface area contributed by atoms with Gasteiger partial charge in [-0.15, -0.1) is 0 Å². The summed E-state index contributed by atoms with van der Waals surface area (Å²) < 4.78 is 50.5. The fourth-order valence-electron chi connectivity index (χ4n) is 1.66. The summed E-state index contributed by atoms with van der Waals surface area (Å²) in [7, 11) is 0. The van der Waals surface area contributed by atoms with Crippen molar-refractivity contribution in [2.24, 2.45) is 5.73 Å². The molecule has 2 atom stereocenters. The third-order valence-electron chi connectivity index (χ3n) is 2.68. The molecular weight excluding hydrogens is 250 g/mol. The first kappa shape index (κ1) is 14.9. The van der Waals surface area contributed by atoms with Crippen molar-refractivity contribution in [3.8, 4) is 0 Å². The topological polar surface area (TPSA) is 46.2 Å². The van der Waals surface area contributed by atoms with Gasteiger partial charge in [-0.3, -0.25) is 0 Å². The smallest absolute Gasteiger partial charge is 0.391 e. The lowest BCUT2D eigenvalue weighted by Crippen LogP contribution is -2.26. The van der Waals surface area contributed by atoms with Gasteiger partial charge in [0.1, 0.15) is 5.82 Å². The first-order chi connectivity index (χ1) is 8.27. The molecule has 0 unspecified atom stereocenters. The number of rotatable bonds is 4. The van der Waals surface area contributed by atoms with Gasteiger partial charge in [0.25, 0.3) is 0 Å². The summed E-state index contributed by atoms with van der Waals surface area (Å²) in [6.07, 6.45) is -4.68. The van der Waals surface area contributed by atoms with Crippen molar-refractivity contribution in [1.82, 2.24) is 0 Å². The van der Waals surface area contributed by atoms with Gasteiger partial charge in [-0.1, -0.05) is 19.4 Å². The average Bonchev–Trinajstić information content (AvgIpc) is 2.27. The molecule has 102 valence electrons. The van der Waals surface area contributed by atoms with Crippen LogP contribution in [0.15, 0.2) is 18.2 Å². The third kappa shape index (κ3) is 3.43. The minimum Gasteiger partial charge on any atom is -0.391 e. The highest BCUT2D eigenvalue weighted by molar-refractivity contribution is 5.29. The summed E-state index contributed by atoms with van der Waals surface area (Å²) in [6.45, 7) is 1.82. The zero-order valence-corrected chi connectivity index (χ0v) is 9.84. The van der Waals surface area contributed by atoms with Crippen molar-refractivity contribution >= 4 is 0 Å². The van der Waals surface area contributed by atoms with Crippen molar-refractivity contribution in [3.63, 3.8) is 0 Å². The van der Waals surface area contributed by atoms with Crippen LogP contribution in [0.2, 0.25) is 0 Å². The largest absolute Gasteiger partial charge is 0.419 e. The Morgan fingerprint density at radius 2 is 1.94 bits per heavy atom. The van der Waals surface area contributed by atoms with Crippen LogP contribution in [0.5, 0.6) is 0 Å². The quantitative estimate of drug-likeness (QED) is 0.822. The molecule has 1 aromatic rings. The van der Waals surface area contributed by atoms with Crippen molar-refractivity contribution in [1.29, 1.82) is 0 Å². The molecule has 1 aromatic carbocycles. The van der Waals surface area contributed by atoms with E-state index in [2.05, 4.69) is 0 Å². The molecular formula is C12H15F4NO. The molecule has 0 saturated heterocycles. The Bertz CT molecular complexity index is 406. The van der Waals surface area contributed by atoms with E-state index < -0.39 is 29.7 Å². The number of benzene rings is 1. The highest BCUT2D eigenvalue weighted by atomic mass is 19.4. The lowest BCUT2D eigenvalue weighted by Gasteiger charge is -2.20. The molecule has 0 heterocycles. The Labute approximate surface area is 102 Å². The van der Waals surface area contributed by atoms with Gasteiger partial charge in [0, 0.05) is 0 Å². The van der Waals surface area contributed by atoms with E-state index in [1.807, 2.05) is 6.92 Å². The molecule has 0 saturated carbocycles. The summed E-state index contributed by atoms with van der Waals surface area (Å²) in [6, 6.07) is 1.58. The predicted octanol–water partition coefficient (Wildman–Crippen LogP) is 3.01. The van der Waals surface area contributed by atoms with E-state index in [1.165, 1.54) is 0 Å². The maximum absolute atomic E-state index is 13.1. The fraction of sp³-hybridized carbons (Fsp3) is 0.500. The molecule has 0 fully saturated rings. The molecule has 6 heteroatoms. The van der Waals surface area contributed by atoms with E-state index >= 15 is 0 Å². The van der Waals surface area contributed by atoms with Crippen LogP contribution >= 0.6 is 0 Å². The maximum Gasteiger partial charge on any atom is 0.419 e. The van der Waals surface area contributed by atoms with Crippen LogP contribution in [0.25, 0.3) is 0 Å². The molecule has 3 N–H and O–H groups in total. The van der Waals surface area contributed by atoms with E-state index in [9.17, 15) is 22.7 Å². The molecule has 0 radical (unpaired) electrons. The minimum atomic E-state index is -4.77. The normalized spacial score (nSPS) is 15.5. The second kappa shape index (κ2) is 5.67. The Morgan fingerprint density at radius 3 is 2.44 bits per heavy atom. The van der Waals surface area contributed by atoms with Crippen LogP contribution in [0, 0.1) is 5.82 Å². The molecule has 0 aromatic heterocycles. The summed E-state index contributed by atoms with van der Waals surface area (Å²) in [5.41, 5.74) is 4.36. The van der Waals surface area contributed by atoms with Gasteiger partial charge in [-0.05, 0) is 24.1 Å². The second-order valence-corrected chi connectivity index (χ2v) is 4.12. The number of hydrogen-bond acceptors (Lipinski definition) is 2. The molecule has 0 aliphatic rings. The van der Waals surface area contributed by atoms with Gasteiger partial charge in [0.05, 0.1) is 17.7 Å². The Balaban J connectivity index is 3.05. The van der Waals surface area contributed by atoms with Crippen LogP contribution < -0.4 is 5.73 Å². The standard InChI is InChI=1S/C12H15F4NO/c1-2-3-10(18)11(17)7-4-5-9(13)8(6-7)12(14,15)16/h4-6,10-11,18H,2-3,17H2,1H3/t10-,11+/m1/s1. The Morgan fingerprint density at radius 1 is 1.33 bits per heavy atom. The molecule has 1 rings (SSSR count). The fourth-order valence-corrected chi connectivity index (χ4v) is 1.66. The van der Waals surface area contributed by atoms with Gasteiger partial charge in [0.2, 0.25) is 0 Å². The van der Waals surface area contributed by atoms with E-state index in [-0.39, 0.29) is 5.56 Å². The van der Waals surface area contributed by atoms with Gasteiger partial charge in [-0.2, -0.15) is 13.2 Å². The van der Waals surface area contributed by atoms with E-state index in [0.717, 1.165) is 12.1 Å². The van der Waals surface area contributed by atoms with E-state index in [0.29, 0.717) is 18.9 Å². The first-order valence-electron chi connectivity index (χ1n) is 5.57. The minimum absolute atomic E-state index is 0.0738. The van der Waals surface area contributed by atoms with E-state index in [1.54, 1.807) is 0 Å². The molecule has 0 amide bonds. The summed E-state index contributed by atoms with van der Waals surface area (Å²) >= 11 is 0. The summed E-state index contributed by atoms with van der Waals surface area (Å²) in [5, 5.41) is 9.63. The van der Waals surface area contributed by atoms with Gasteiger partial charge >= 0.3 is 6.18 Å². The van der Waals surface area contributed by atoms with Crippen molar-refractivity contribution in [2.45, 2.75) is 38.1 Å². The number of aliphatic hydroxyl groups is 1. The number of hydrogen-bond donors (Lipinski definition) is 2. The highest BCUT2D eigenvalue weighted by Crippen LogP contribution is 2.33. The maximum atomic E-state index is 13.1. The van der Waals surface area contributed by atoms with Gasteiger partial charge in [0.15, 0.2) is 0 Å². The Hall–Kier alpha value is -1.14. The predicted molar refractivity (Wildman–Crippen MR) is 59.2 cm³/mol. The molecule has 18 heavy (non-hydrogen) atoms. The molecule has 0 spiro atoms. The molecule has 0 bridgehead atoms. The molecule has 0 aliphatic carbocycles. The second-order valence-electron chi connectivity index (χ2n) is 4.12. The van der Waals surface area contributed by atoms with Crippen LogP contribution in [0.4, 0.5) is 17.6 Å². The molecule has 2 nitrogen and oxygen atoms in total. The van der Waals surface area contributed by atoms with Crippen LogP contribution in [0.3, 0.4) is 0 Å². The van der Waals surface area contributed by atoms with Crippen LogP contribution in [0.1, 0.15) is 36.9 Å². The molecule has 0 aliphatic heterocycles. The monoisotopic (exact) mass is 265 g/mol. The van der Waals surface area contributed by atoms with Crippen LogP contribution in [-0.4, -0.2) is 11.2 Å². The summed E-state index contributed by atoms with van der Waals surface area (Å²) in [5.74, 6) is -1.34. The lowest BCUT2D eigenvalue weighted by atomic mass is 9.97. The SMILES string of the molecule is CCC[C@@H](O)[C@@H](N)c1ccc(F)c(C(F)(F)F)c1. The highest BCUT2D eigenvalue weighted by Gasteiger charge is 2.34. The van der Waals surface area contributed by atoms with Crippen molar-refractivity contribution in [2.75, 3.05) is 0 Å². The number of alkyl halides is 3. The summed E-state index contributed by atoms with van der Waals surface area (Å²) in [4.78, 5) is 0. The Kier molecular flexibility index (Phi) is 4.70. The van der Waals surface area contributed by atoms with Crippen molar-refractivity contribution in [3.05, 3.63) is 35.1 Å². The average molecular weight is 265 g/mol. The van der Waals surface area contributed by atoms with Gasteiger partial charge < -0.3 is 10.8 Å². The number of nitrogens with two attached hydrogens (primary N) is 1. The van der Waals surface area contributed by atoms with Crippen LogP contribution in [-0.2, 0) is 6.18 Å². The zero-order chi connectivity index (χ0) is 13.9. The lowest BCUT2D eigenvalue weighted by molar-refractivity contribution is -0.140. The number of aliphatic hydroxyl groups excluding tert-OH is 1. The zero-order valence-electron chi connectivity index (χ0n) is 9.84. The third-order valence-corrected chi connectivity index (χ3v) is 2.68. The van der Waals surface area contributed by atoms with Gasteiger partial charge in [-0.25, -0.2) is 4.39 Å². The first-order valence-corrected chi connectivity index (χ1v) is 5.57.